The summed E-state index contributed by atoms with van der Waals surface area (Å²) in [4.78, 5) is 4.22. The Morgan fingerprint density at radius 1 is 1.53 bits per heavy atom. The molecule has 5 nitrogen and oxygen atoms in total. The Bertz CT molecular complexity index is 420. The Balaban J connectivity index is 2.43. The van der Waals surface area contributed by atoms with Crippen LogP contribution in [0.3, 0.4) is 0 Å². The first-order chi connectivity index (χ1) is 7.36. The van der Waals surface area contributed by atoms with E-state index in [1.54, 1.807) is 22.2 Å². The minimum absolute atomic E-state index is 0.431. The van der Waals surface area contributed by atoms with Gasteiger partial charge in [-0.1, -0.05) is 18.6 Å². The second kappa shape index (κ2) is 4.50. The van der Waals surface area contributed by atoms with Gasteiger partial charge in [-0.3, -0.25) is 0 Å². The Hall–Kier alpha value is -1.27. The minimum Gasteiger partial charge on any atom is -0.325 e. The van der Waals surface area contributed by atoms with Gasteiger partial charge in [0.05, 0.1) is 11.4 Å². The van der Waals surface area contributed by atoms with Crippen LogP contribution in [0.1, 0.15) is 24.7 Å². The van der Waals surface area contributed by atoms with E-state index in [1.807, 2.05) is 5.38 Å². The fraction of sp³-hybridized carbons (Fsp3) is 0.444. The summed E-state index contributed by atoms with van der Waals surface area (Å²) in [6.07, 6.45) is 3.74. The molecule has 0 aliphatic heterocycles. The summed E-state index contributed by atoms with van der Waals surface area (Å²) in [5, 5.41) is 10.9. The molecule has 2 aromatic heterocycles. The van der Waals surface area contributed by atoms with Crippen molar-refractivity contribution in [2.24, 2.45) is 5.73 Å². The smallest absolute Gasteiger partial charge is 0.211 e. The highest BCUT2D eigenvalue weighted by Gasteiger charge is 2.13. The topological polar surface area (TPSA) is 69.6 Å². The van der Waals surface area contributed by atoms with E-state index in [4.69, 9.17) is 5.73 Å². The quantitative estimate of drug-likeness (QED) is 0.843. The van der Waals surface area contributed by atoms with Gasteiger partial charge in [0.15, 0.2) is 0 Å². The summed E-state index contributed by atoms with van der Waals surface area (Å²) in [5.74, 6) is 0. The van der Waals surface area contributed by atoms with Gasteiger partial charge in [-0.2, -0.15) is 4.68 Å². The Labute approximate surface area is 91.9 Å². The van der Waals surface area contributed by atoms with Crippen molar-refractivity contribution in [1.29, 1.82) is 0 Å². The van der Waals surface area contributed by atoms with Crippen molar-refractivity contribution < 1.29 is 0 Å². The van der Waals surface area contributed by atoms with Crippen LogP contribution in [-0.4, -0.2) is 20.0 Å². The maximum absolute atomic E-state index is 5.61. The molecule has 6 heteroatoms. The molecule has 0 aliphatic carbocycles. The highest BCUT2D eigenvalue weighted by molar-refractivity contribution is 7.12. The second-order valence-corrected chi connectivity index (χ2v) is 4.04. The molecule has 0 amide bonds. The third-order valence-corrected chi connectivity index (χ3v) is 2.87. The summed E-state index contributed by atoms with van der Waals surface area (Å²) in [5.41, 5.74) is 7.56. The van der Waals surface area contributed by atoms with Crippen molar-refractivity contribution in [2.75, 3.05) is 0 Å². The molecule has 0 aromatic carbocycles. The van der Waals surface area contributed by atoms with Gasteiger partial charge in [-0.25, -0.2) is 4.98 Å². The van der Waals surface area contributed by atoms with Crippen LogP contribution in [-0.2, 0) is 13.0 Å². The van der Waals surface area contributed by atoms with E-state index in [1.165, 1.54) is 0 Å². The Morgan fingerprint density at radius 3 is 3.00 bits per heavy atom. The highest BCUT2D eigenvalue weighted by atomic mass is 32.1. The van der Waals surface area contributed by atoms with Crippen LogP contribution in [0.4, 0.5) is 0 Å². The fourth-order valence-corrected chi connectivity index (χ4v) is 2.06. The van der Waals surface area contributed by atoms with Gasteiger partial charge in [0, 0.05) is 18.1 Å². The van der Waals surface area contributed by atoms with Crippen LogP contribution in [0.5, 0.6) is 0 Å². The average Bonchev–Trinajstić information content (AvgIpc) is 2.85. The third-order valence-electron chi connectivity index (χ3n) is 2.12. The molecule has 15 heavy (non-hydrogen) atoms. The molecule has 0 atom stereocenters. The molecule has 0 aliphatic rings. The van der Waals surface area contributed by atoms with E-state index >= 15 is 0 Å². The van der Waals surface area contributed by atoms with Crippen LogP contribution < -0.4 is 5.73 Å². The molecule has 2 N–H and O–H groups in total. The average molecular weight is 223 g/mol. The van der Waals surface area contributed by atoms with Gasteiger partial charge in [0.2, 0.25) is 5.13 Å². The number of rotatable bonds is 4. The van der Waals surface area contributed by atoms with Gasteiger partial charge in [0.25, 0.3) is 0 Å². The minimum atomic E-state index is 0.431. The van der Waals surface area contributed by atoms with E-state index in [-0.39, 0.29) is 0 Å². The van der Waals surface area contributed by atoms with Crippen LogP contribution in [0.25, 0.3) is 5.13 Å². The molecule has 2 heterocycles. The van der Waals surface area contributed by atoms with Gasteiger partial charge >= 0.3 is 0 Å². The molecule has 2 rings (SSSR count). The summed E-state index contributed by atoms with van der Waals surface area (Å²) in [7, 11) is 0. The standard InChI is InChI=1S/C9H13N5S/c1-2-3-8-7(6-10)12-13-14(8)9-11-4-5-15-9/h4-5H,2-3,6,10H2,1H3. The van der Waals surface area contributed by atoms with Crippen LogP contribution in [0.2, 0.25) is 0 Å². The van der Waals surface area contributed by atoms with Crippen molar-refractivity contribution in [1.82, 2.24) is 20.0 Å². The van der Waals surface area contributed by atoms with Crippen molar-refractivity contribution in [3.8, 4) is 5.13 Å². The molecule has 0 saturated heterocycles. The van der Waals surface area contributed by atoms with Gasteiger partial charge in [-0.05, 0) is 6.42 Å². The fourth-order valence-electron chi connectivity index (χ4n) is 1.45. The van der Waals surface area contributed by atoms with E-state index in [9.17, 15) is 0 Å². The van der Waals surface area contributed by atoms with Gasteiger partial charge in [0.1, 0.15) is 0 Å². The van der Waals surface area contributed by atoms with Crippen molar-refractivity contribution in [2.45, 2.75) is 26.3 Å². The number of hydrogen-bond acceptors (Lipinski definition) is 5. The predicted octanol–water partition coefficient (Wildman–Crippen LogP) is 1.13. The Kier molecular flexibility index (Phi) is 3.08. The summed E-state index contributed by atoms with van der Waals surface area (Å²) >= 11 is 1.55. The van der Waals surface area contributed by atoms with E-state index in [0.717, 1.165) is 29.4 Å². The lowest BCUT2D eigenvalue weighted by Crippen LogP contribution is -2.05. The van der Waals surface area contributed by atoms with E-state index < -0.39 is 0 Å². The monoisotopic (exact) mass is 223 g/mol. The number of nitrogens with zero attached hydrogens (tertiary/aromatic N) is 4. The van der Waals surface area contributed by atoms with Crippen molar-refractivity contribution in [3.63, 3.8) is 0 Å². The zero-order valence-electron chi connectivity index (χ0n) is 8.55. The SMILES string of the molecule is CCCc1c(CN)nnn1-c1nccs1. The van der Waals surface area contributed by atoms with E-state index in [0.29, 0.717) is 6.54 Å². The summed E-state index contributed by atoms with van der Waals surface area (Å²) in [6.45, 7) is 2.56. The van der Waals surface area contributed by atoms with Crippen LogP contribution >= 0.6 is 11.3 Å². The molecule has 80 valence electrons. The zero-order valence-corrected chi connectivity index (χ0v) is 9.37. The molecule has 0 unspecified atom stereocenters. The normalized spacial score (nSPS) is 10.8. The molecule has 0 saturated carbocycles. The zero-order chi connectivity index (χ0) is 10.7. The number of thiazole rings is 1. The summed E-state index contributed by atoms with van der Waals surface area (Å²) in [6, 6.07) is 0. The molecule has 2 aromatic rings. The molecule has 0 radical (unpaired) electrons. The molecule has 0 bridgehead atoms. The van der Waals surface area contributed by atoms with E-state index in [2.05, 4.69) is 22.2 Å². The predicted molar refractivity (Wildman–Crippen MR) is 58.9 cm³/mol. The molecular formula is C9H13N5S. The summed E-state index contributed by atoms with van der Waals surface area (Å²) < 4.78 is 1.79. The Morgan fingerprint density at radius 2 is 2.40 bits per heavy atom. The maximum Gasteiger partial charge on any atom is 0.211 e. The highest BCUT2D eigenvalue weighted by Crippen LogP contribution is 2.16. The van der Waals surface area contributed by atoms with Gasteiger partial charge in [-0.15, -0.1) is 16.4 Å². The van der Waals surface area contributed by atoms with Crippen molar-refractivity contribution >= 4 is 11.3 Å². The lowest BCUT2D eigenvalue weighted by Gasteiger charge is -2.02. The second-order valence-electron chi connectivity index (χ2n) is 3.16. The van der Waals surface area contributed by atoms with Crippen LogP contribution in [0.15, 0.2) is 11.6 Å². The number of nitrogens with two attached hydrogens (primary N) is 1. The van der Waals surface area contributed by atoms with Crippen molar-refractivity contribution in [3.05, 3.63) is 23.0 Å². The lowest BCUT2D eigenvalue weighted by atomic mass is 10.2. The first-order valence-corrected chi connectivity index (χ1v) is 5.78. The molecule has 0 spiro atoms. The number of hydrogen-bond donors (Lipinski definition) is 1. The molecular weight excluding hydrogens is 210 g/mol. The molecule has 0 fully saturated rings. The first kappa shape index (κ1) is 10.3. The first-order valence-electron chi connectivity index (χ1n) is 4.90. The maximum atomic E-state index is 5.61. The largest absolute Gasteiger partial charge is 0.325 e. The third kappa shape index (κ3) is 1.91. The van der Waals surface area contributed by atoms with Gasteiger partial charge < -0.3 is 5.73 Å². The van der Waals surface area contributed by atoms with Crippen LogP contribution in [0, 0.1) is 0 Å². The number of aromatic nitrogens is 4. The lowest BCUT2D eigenvalue weighted by molar-refractivity contribution is 0.741.